The highest BCUT2D eigenvalue weighted by Crippen LogP contribution is 2.37. The Labute approximate surface area is 95.0 Å². The van der Waals surface area contributed by atoms with Crippen LogP contribution in [-0.2, 0) is 4.79 Å². The highest BCUT2D eigenvalue weighted by molar-refractivity contribution is 5.68. The molecule has 0 aliphatic carbocycles. The maximum Gasteiger partial charge on any atom is 0.304 e. The van der Waals surface area contributed by atoms with Gasteiger partial charge in [-0.25, -0.2) is 0 Å². The molecule has 0 fully saturated rings. The third-order valence-electron chi connectivity index (χ3n) is 3.01. The van der Waals surface area contributed by atoms with Gasteiger partial charge >= 0.3 is 5.97 Å². The molecule has 1 atom stereocenters. The maximum absolute atomic E-state index is 10.7. The van der Waals surface area contributed by atoms with Crippen LogP contribution in [0.15, 0.2) is 18.2 Å². The molecule has 2 rings (SSSR count). The molecule has 0 bridgehead atoms. The quantitative estimate of drug-likeness (QED) is 0.852. The second-order valence-corrected chi connectivity index (χ2v) is 4.56. The number of hydrogen-bond donors (Lipinski definition) is 1. The lowest BCUT2D eigenvalue weighted by molar-refractivity contribution is -0.137. The van der Waals surface area contributed by atoms with E-state index in [4.69, 9.17) is 9.84 Å². The van der Waals surface area contributed by atoms with E-state index in [0.717, 1.165) is 11.3 Å². The van der Waals surface area contributed by atoms with Crippen LogP contribution in [0.1, 0.15) is 43.2 Å². The molecule has 3 heteroatoms. The first kappa shape index (κ1) is 11.0. The first-order valence-electron chi connectivity index (χ1n) is 5.56. The lowest BCUT2D eigenvalue weighted by atomic mass is 9.94. The molecule has 0 aromatic heterocycles. The summed E-state index contributed by atoms with van der Waals surface area (Å²) in [4.78, 5) is 10.7. The molecule has 86 valence electrons. The number of carboxylic acid groups (broad SMARTS) is 1. The Morgan fingerprint density at radius 1 is 1.56 bits per heavy atom. The molecule has 0 radical (unpaired) electrons. The van der Waals surface area contributed by atoms with E-state index >= 15 is 0 Å². The Kier molecular flexibility index (Phi) is 2.86. The van der Waals surface area contributed by atoms with Crippen LogP contribution in [0.25, 0.3) is 0 Å². The molecule has 0 unspecified atom stereocenters. The predicted molar refractivity (Wildman–Crippen MR) is 61.0 cm³/mol. The van der Waals surface area contributed by atoms with E-state index in [0.29, 0.717) is 12.5 Å². The number of carbonyl (C=O) groups is 1. The van der Waals surface area contributed by atoms with E-state index in [9.17, 15) is 4.79 Å². The Morgan fingerprint density at radius 2 is 2.31 bits per heavy atom. The number of benzene rings is 1. The smallest absolute Gasteiger partial charge is 0.304 e. The second-order valence-electron chi connectivity index (χ2n) is 4.56. The molecule has 0 saturated heterocycles. The minimum atomic E-state index is -0.769. The first-order chi connectivity index (χ1) is 7.58. The Hall–Kier alpha value is -1.51. The number of hydrogen-bond acceptors (Lipinski definition) is 2. The summed E-state index contributed by atoms with van der Waals surface area (Å²) in [6.07, 6.45) is 0.147. The van der Waals surface area contributed by atoms with E-state index in [-0.39, 0.29) is 12.3 Å². The van der Waals surface area contributed by atoms with Crippen molar-refractivity contribution in [1.82, 2.24) is 0 Å². The average Bonchev–Trinajstić information content (AvgIpc) is 2.60. The number of rotatable bonds is 3. The van der Waals surface area contributed by atoms with Gasteiger partial charge in [0.25, 0.3) is 0 Å². The van der Waals surface area contributed by atoms with Crippen LogP contribution in [0.3, 0.4) is 0 Å². The van der Waals surface area contributed by atoms with Gasteiger partial charge in [-0.3, -0.25) is 4.79 Å². The zero-order valence-corrected chi connectivity index (χ0v) is 9.56. The van der Waals surface area contributed by atoms with Crippen LogP contribution in [0.2, 0.25) is 0 Å². The largest absolute Gasteiger partial charge is 0.493 e. The summed E-state index contributed by atoms with van der Waals surface area (Å²) in [5.74, 6) is 0.563. The van der Waals surface area contributed by atoms with Crippen molar-refractivity contribution in [1.29, 1.82) is 0 Å². The molecule has 1 heterocycles. The van der Waals surface area contributed by atoms with Crippen molar-refractivity contribution in [3.63, 3.8) is 0 Å². The van der Waals surface area contributed by atoms with Crippen molar-refractivity contribution in [2.75, 3.05) is 6.61 Å². The van der Waals surface area contributed by atoms with E-state index in [1.165, 1.54) is 5.56 Å². The summed E-state index contributed by atoms with van der Waals surface area (Å²) in [5, 5.41) is 8.79. The summed E-state index contributed by atoms with van der Waals surface area (Å²) in [6, 6.07) is 6.10. The zero-order valence-electron chi connectivity index (χ0n) is 9.56. The van der Waals surface area contributed by atoms with Crippen molar-refractivity contribution in [2.24, 2.45) is 0 Å². The van der Waals surface area contributed by atoms with Gasteiger partial charge in [0.05, 0.1) is 13.0 Å². The molecule has 1 aromatic carbocycles. The molecule has 0 saturated carbocycles. The minimum absolute atomic E-state index is 0.00807. The van der Waals surface area contributed by atoms with Crippen molar-refractivity contribution >= 4 is 5.97 Å². The molecule has 1 aliphatic heterocycles. The van der Waals surface area contributed by atoms with Crippen molar-refractivity contribution in [3.8, 4) is 5.75 Å². The van der Waals surface area contributed by atoms with Crippen LogP contribution in [0.5, 0.6) is 5.75 Å². The molecule has 0 amide bonds. The van der Waals surface area contributed by atoms with Gasteiger partial charge in [-0.2, -0.15) is 0 Å². The van der Waals surface area contributed by atoms with Crippen LogP contribution in [0.4, 0.5) is 0 Å². The molecule has 16 heavy (non-hydrogen) atoms. The Morgan fingerprint density at radius 3 is 2.94 bits per heavy atom. The van der Waals surface area contributed by atoms with Gasteiger partial charge in [0.2, 0.25) is 0 Å². The van der Waals surface area contributed by atoms with Crippen LogP contribution in [0, 0.1) is 0 Å². The van der Waals surface area contributed by atoms with Crippen LogP contribution >= 0.6 is 0 Å². The van der Waals surface area contributed by atoms with E-state index in [1.807, 2.05) is 12.1 Å². The van der Waals surface area contributed by atoms with Crippen molar-refractivity contribution < 1.29 is 14.6 Å². The standard InChI is InChI=1S/C13H16O3/c1-8(2)9-3-4-11-10(6-13(14)15)7-16-12(11)5-9/h3-5,8,10H,6-7H2,1-2H3,(H,14,15)/t10-/m1/s1. The molecule has 1 N–H and O–H groups in total. The van der Waals surface area contributed by atoms with E-state index in [2.05, 4.69) is 19.9 Å². The van der Waals surface area contributed by atoms with Crippen molar-refractivity contribution in [2.45, 2.75) is 32.1 Å². The highest BCUT2D eigenvalue weighted by atomic mass is 16.5. The number of aliphatic carboxylic acids is 1. The fraction of sp³-hybridized carbons (Fsp3) is 0.462. The first-order valence-corrected chi connectivity index (χ1v) is 5.56. The zero-order chi connectivity index (χ0) is 11.7. The van der Waals surface area contributed by atoms with Gasteiger partial charge in [-0.15, -0.1) is 0 Å². The predicted octanol–water partition coefficient (Wildman–Crippen LogP) is 2.76. The molecule has 1 aromatic rings. The molecule has 1 aliphatic rings. The summed E-state index contributed by atoms with van der Waals surface area (Å²) < 4.78 is 5.54. The lowest BCUT2D eigenvalue weighted by Crippen LogP contribution is -2.07. The SMILES string of the molecule is CC(C)c1ccc2c(c1)OC[C@H]2CC(=O)O. The molecule has 3 nitrogen and oxygen atoms in total. The third-order valence-corrected chi connectivity index (χ3v) is 3.01. The highest BCUT2D eigenvalue weighted by Gasteiger charge is 2.26. The number of fused-ring (bicyclic) bond motifs is 1. The summed E-state index contributed by atoms with van der Waals surface area (Å²) in [6.45, 7) is 4.75. The van der Waals surface area contributed by atoms with Gasteiger partial charge in [0, 0.05) is 11.5 Å². The Balaban J connectivity index is 2.25. The monoisotopic (exact) mass is 220 g/mol. The summed E-state index contributed by atoms with van der Waals surface area (Å²) in [5.41, 5.74) is 2.27. The van der Waals surface area contributed by atoms with Gasteiger partial charge in [-0.1, -0.05) is 26.0 Å². The normalized spacial score (nSPS) is 18.3. The minimum Gasteiger partial charge on any atom is -0.493 e. The van der Waals surface area contributed by atoms with Gasteiger partial charge < -0.3 is 9.84 Å². The third kappa shape index (κ3) is 2.03. The van der Waals surface area contributed by atoms with Crippen molar-refractivity contribution in [3.05, 3.63) is 29.3 Å². The fourth-order valence-electron chi connectivity index (χ4n) is 2.03. The molecular formula is C13H16O3. The topological polar surface area (TPSA) is 46.5 Å². The Bertz CT molecular complexity index is 410. The van der Waals surface area contributed by atoms with E-state index in [1.54, 1.807) is 0 Å². The van der Waals surface area contributed by atoms with Crippen LogP contribution in [-0.4, -0.2) is 17.7 Å². The molecular weight excluding hydrogens is 204 g/mol. The fourth-order valence-corrected chi connectivity index (χ4v) is 2.03. The van der Waals surface area contributed by atoms with Crippen LogP contribution < -0.4 is 4.74 Å². The summed E-state index contributed by atoms with van der Waals surface area (Å²) in [7, 11) is 0. The lowest BCUT2D eigenvalue weighted by Gasteiger charge is -2.08. The van der Waals surface area contributed by atoms with Gasteiger partial charge in [-0.05, 0) is 17.5 Å². The molecule has 0 spiro atoms. The second kappa shape index (κ2) is 4.16. The summed E-state index contributed by atoms with van der Waals surface area (Å²) >= 11 is 0. The number of ether oxygens (including phenoxy) is 1. The van der Waals surface area contributed by atoms with Gasteiger partial charge in [0.15, 0.2) is 0 Å². The van der Waals surface area contributed by atoms with Gasteiger partial charge in [0.1, 0.15) is 5.75 Å². The van der Waals surface area contributed by atoms with E-state index < -0.39 is 5.97 Å². The average molecular weight is 220 g/mol. The maximum atomic E-state index is 10.7. The number of carboxylic acids is 1.